The van der Waals surface area contributed by atoms with E-state index in [2.05, 4.69) is 9.97 Å². The van der Waals surface area contributed by atoms with Crippen molar-refractivity contribution in [3.8, 4) is 33.6 Å². The van der Waals surface area contributed by atoms with Gasteiger partial charge in [-0.3, -0.25) is 9.78 Å². The summed E-state index contributed by atoms with van der Waals surface area (Å²) < 4.78 is 0. The van der Waals surface area contributed by atoms with Gasteiger partial charge < -0.3 is 15.8 Å². The molecule has 5 heteroatoms. The summed E-state index contributed by atoms with van der Waals surface area (Å²) in [5.74, 6) is -0.475. The van der Waals surface area contributed by atoms with E-state index < -0.39 is 5.91 Å². The molecule has 0 aliphatic heterocycles. The van der Waals surface area contributed by atoms with Crippen LogP contribution in [-0.2, 0) is 6.61 Å². The minimum Gasteiger partial charge on any atom is -0.392 e. The van der Waals surface area contributed by atoms with Crippen LogP contribution in [0.1, 0.15) is 15.9 Å². The summed E-state index contributed by atoms with van der Waals surface area (Å²) >= 11 is 0. The van der Waals surface area contributed by atoms with Crippen LogP contribution in [0.4, 0.5) is 0 Å². The van der Waals surface area contributed by atoms with Gasteiger partial charge in [-0.1, -0.05) is 36.4 Å². The zero-order valence-electron chi connectivity index (χ0n) is 15.1. The molecule has 0 aliphatic rings. The Labute approximate surface area is 162 Å². The second kappa shape index (κ2) is 7.50. The van der Waals surface area contributed by atoms with Gasteiger partial charge in [-0.15, -0.1) is 0 Å². The zero-order chi connectivity index (χ0) is 19.5. The molecule has 0 fully saturated rings. The number of benzene rings is 2. The first-order valence-corrected chi connectivity index (χ1v) is 8.90. The Morgan fingerprint density at radius 1 is 0.929 bits per heavy atom. The molecule has 0 spiro atoms. The number of primary amides is 1. The fourth-order valence-corrected chi connectivity index (χ4v) is 3.34. The SMILES string of the molecule is NC(=O)c1ccccc1-c1cc(-c2ccncc2)[nH]c1-c1cccc(CO)c1. The molecule has 2 aromatic carbocycles. The largest absolute Gasteiger partial charge is 0.392 e. The van der Waals surface area contributed by atoms with Gasteiger partial charge in [-0.2, -0.15) is 0 Å². The lowest BCUT2D eigenvalue weighted by Crippen LogP contribution is -2.12. The fourth-order valence-electron chi connectivity index (χ4n) is 3.34. The van der Waals surface area contributed by atoms with Crippen LogP contribution in [0, 0.1) is 0 Å². The molecule has 1 amide bonds. The average molecular weight is 369 g/mol. The van der Waals surface area contributed by atoms with Crippen molar-refractivity contribution < 1.29 is 9.90 Å². The van der Waals surface area contributed by atoms with Crippen LogP contribution in [0.2, 0.25) is 0 Å². The van der Waals surface area contributed by atoms with Crippen molar-refractivity contribution in [2.75, 3.05) is 0 Å². The van der Waals surface area contributed by atoms with Crippen LogP contribution < -0.4 is 5.73 Å². The van der Waals surface area contributed by atoms with Crippen molar-refractivity contribution >= 4 is 5.91 Å². The number of aliphatic hydroxyl groups is 1. The Kier molecular flexibility index (Phi) is 4.74. The highest BCUT2D eigenvalue weighted by atomic mass is 16.3. The Morgan fingerprint density at radius 3 is 2.46 bits per heavy atom. The number of hydrogen-bond donors (Lipinski definition) is 3. The maximum atomic E-state index is 12.0. The molecule has 4 rings (SSSR count). The summed E-state index contributed by atoms with van der Waals surface area (Å²) in [7, 11) is 0. The second-order valence-electron chi connectivity index (χ2n) is 6.48. The lowest BCUT2D eigenvalue weighted by Gasteiger charge is -2.09. The summed E-state index contributed by atoms with van der Waals surface area (Å²) in [5.41, 5.74) is 12.2. The number of nitrogens with zero attached hydrogens (tertiary/aromatic N) is 1. The number of nitrogens with one attached hydrogen (secondary N) is 1. The molecule has 0 saturated carbocycles. The molecule has 5 nitrogen and oxygen atoms in total. The van der Waals surface area contributed by atoms with Gasteiger partial charge in [0, 0.05) is 34.8 Å². The van der Waals surface area contributed by atoms with Crippen molar-refractivity contribution in [2.45, 2.75) is 6.61 Å². The third kappa shape index (κ3) is 3.31. The van der Waals surface area contributed by atoms with Crippen molar-refractivity contribution in [1.82, 2.24) is 9.97 Å². The molecule has 0 saturated heterocycles. The van der Waals surface area contributed by atoms with Gasteiger partial charge in [-0.25, -0.2) is 0 Å². The van der Waals surface area contributed by atoms with Gasteiger partial charge in [0.1, 0.15) is 0 Å². The van der Waals surface area contributed by atoms with Crippen molar-refractivity contribution in [3.63, 3.8) is 0 Å². The van der Waals surface area contributed by atoms with Gasteiger partial charge in [0.15, 0.2) is 0 Å². The highest BCUT2D eigenvalue weighted by Crippen LogP contribution is 2.37. The van der Waals surface area contributed by atoms with Gasteiger partial charge in [0.2, 0.25) is 5.91 Å². The molecular weight excluding hydrogens is 350 g/mol. The molecule has 0 unspecified atom stereocenters. The predicted molar refractivity (Wildman–Crippen MR) is 109 cm³/mol. The van der Waals surface area contributed by atoms with E-state index in [9.17, 15) is 9.90 Å². The average Bonchev–Trinajstić information content (AvgIpc) is 3.20. The molecule has 4 aromatic rings. The van der Waals surface area contributed by atoms with E-state index in [1.54, 1.807) is 24.5 Å². The number of pyridine rings is 1. The first kappa shape index (κ1) is 17.7. The zero-order valence-corrected chi connectivity index (χ0v) is 15.1. The number of carbonyl (C=O) groups excluding carboxylic acids is 1. The number of aromatic amines is 1. The molecule has 0 atom stereocenters. The number of amides is 1. The van der Waals surface area contributed by atoms with E-state index in [0.717, 1.165) is 39.2 Å². The maximum Gasteiger partial charge on any atom is 0.249 e. The van der Waals surface area contributed by atoms with E-state index >= 15 is 0 Å². The summed E-state index contributed by atoms with van der Waals surface area (Å²) in [6, 6.07) is 20.8. The molecule has 4 N–H and O–H groups in total. The van der Waals surface area contributed by atoms with Gasteiger partial charge >= 0.3 is 0 Å². The Balaban J connectivity index is 1.97. The van der Waals surface area contributed by atoms with E-state index in [1.807, 2.05) is 54.6 Å². The van der Waals surface area contributed by atoms with Crippen LogP contribution in [-0.4, -0.2) is 21.0 Å². The molecule has 28 heavy (non-hydrogen) atoms. The summed E-state index contributed by atoms with van der Waals surface area (Å²) in [6.45, 7) is -0.0427. The minimum atomic E-state index is -0.475. The quantitative estimate of drug-likeness (QED) is 0.496. The Bertz CT molecular complexity index is 1130. The van der Waals surface area contributed by atoms with Crippen LogP contribution in [0.3, 0.4) is 0 Å². The van der Waals surface area contributed by atoms with Crippen LogP contribution in [0.25, 0.3) is 33.6 Å². The highest BCUT2D eigenvalue weighted by Gasteiger charge is 2.18. The normalized spacial score (nSPS) is 10.8. The van der Waals surface area contributed by atoms with Crippen molar-refractivity contribution in [1.29, 1.82) is 0 Å². The number of carbonyl (C=O) groups is 1. The first-order chi connectivity index (χ1) is 13.7. The van der Waals surface area contributed by atoms with Crippen LogP contribution in [0.5, 0.6) is 0 Å². The lowest BCUT2D eigenvalue weighted by atomic mass is 9.96. The van der Waals surface area contributed by atoms with Crippen LogP contribution >= 0.6 is 0 Å². The molecule has 2 heterocycles. The number of aromatic nitrogens is 2. The maximum absolute atomic E-state index is 12.0. The second-order valence-corrected chi connectivity index (χ2v) is 6.48. The number of aliphatic hydroxyl groups excluding tert-OH is 1. The third-order valence-corrected chi connectivity index (χ3v) is 4.69. The lowest BCUT2D eigenvalue weighted by molar-refractivity contribution is 0.100. The van der Waals surface area contributed by atoms with E-state index in [4.69, 9.17) is 5.73 Å². The van der Waals surface area contributed by atoms with E-state index in [1.165, 1.54) is 0 Å². The summed E-state index contributed by atoms with van der Waals surface area (Å²) in [4.78, 5) is 19.5. The molecule has 0 aliphatic carbocycles. The highest BCUT2D eigenvalue weighted by molar-refractivity contribution is 6.02. The van der Waals surface area contributed by atoms with Crippen LogP contribution in [0.15, 0.2) is 79.1 Å². The molecule has 0 radical (unpaired) electrons. The fraction of sp³-hybridized carbons (Fsp3) is 0.0435. The van der Waals surface area contributed by atoms with Crippen molar-refractivity contribution in [2.24, 2.45) is 5.73 Å². The standard InChI is InChI=1S/C23H19N3O2/c24-23(28)19-7-2-1-6-18(19)20-13-21(16-8-10-25-11-9-16)26-22(20)17-5-3-4-15(12-17)14-27/h1-13,26-27H,14H2,(H2,24,28). The van der Waals surface area contributed by atoms with Crippen molar-refractivity contribution in [3.05, 3.63) is 90.3 Å². The monoisotopic (exact) mass is 369 g/mol. The van der Waals surface area contributed by atoms with Gasteiger partial charge in [0.05, 0.1) is 12.3 Å². The number of hydrogen-bond acceptors (Lipinski definition) is 3. The third-order valence-electron chi connectivity index (χ3n) is 4.69. The summed E-state index contributed by atoms with van der Waals surface area (Å²) in [5, 5.41) is 9.52. The number of nitrogens with two attached hydrogens (primary N) is 1. The number of rotatable bonds is 5. The first-order valence-electron chi connectivity index (χ1n) is 8.90. The van der Waals surface area contributed by atoms with E-state index in [0.29, 0.717) is 5.56 Å². The molecule has 0 bridgehead atoms. The van der Waals surface area contributed by atoms with E-state index in [-0.39, 0.29) is 6.61 Å². The predicted octanol–water partition coefficient (Wildman–Crippen LogP) is 4.00. The smallest absolute Gasteiger partial charge is 0.249 e. The Morgan fingerprint density at radius 2 is 1.71 bits per heavy atom. The van der Waals surface area contributed by atoms with Gasteiger partial charge in [-0.05, 0) is 47.0 Å². The Hall–Kier alpha value is -3.70. The van der Waals surface area contributed by atoms with Gasteiger partial charge in [0.25, 0.3) is 0 Å². The molecule has 2 aromatic heterocycles. The molecular formula is C23H19N3O2. The topological polar surface area (TPSA) is 92.0 Å². The number of H-pyrrole nitrogens is 1. The minimum absolute atomic E-state index is 0.0427. The molecule has 138 valence electrons. The summed E-state index contributed by atoms with van der Waals surface area (Å²) in [6.07, 6.45) is 3.47.